The van der Waals surface area contributed by atoms with E-state index in [1.54, 1.807) is 0 Å². The number of rotatable bonds is 4. The maximum Gasteiger partial charge on any atom is 0.230 e. The number of piperidine rings is 1. The second kappa shape index (κ2) is 6.25. The standard InChI is InChI=1S/C16H30N2O/c1-3-16(4-2,12-17)15(19)18-11-7-9-13-8-5-6-10-14(13)18/h13-14H,3-12,17H2,1-2H3. The number of fused-ring (bicyclic) bond motifs is 1. The van der Waals surface area contributed by atoms with Crippen LogP contribution in [-0.2, 0) is 4.79 Å². The van der Waals surface area contributed by atoms with Gasteiger partial charge in [0.25, 0.3) is 0 Å². The molecule has 0 aromatic carbocycles. The molecule has 1 aliphatic heterocycles. The monoisotopic (exact) mass is 266 g/mol. The number of nitrogens with zero attached hydrogens (tertiary/aromatic N) is 1. The molecule has 1 amide bonds. The Balaban J connectivity index is 2.16. The van der Waals surface area contributed by atoms with Crippen LogP contribution in [-0.4, -0.2) is 29.9 Å². The van der Waals surface area contributed by atoms with Crippen LogP contribution in [0.5, 0.6) is 0 Å². The SMILES string of the molecule is CCC(CC)(CN)C(=O)N1CCCC2CCCCC21. The van der Waals surface area contributed by atoms with Gasteiger partial charge in [-0.2, -0.15) is 0 Å². The number of nitrogens with two attached hydrogens (primary N) is 1. The number of hydrogen-bond donors (Lipinski definition) is 1. The first-order valence-electron chi connectivity index (χ1n) is 8.19. The van der Waals surface area contributed by atoms with Crippen molar-refractivity contribution in [3.8, 4) is 0 Å². The lowest BCUT2D eigenvalue weighted by Gasteiger charge is -2.47. The Morgan fingerprint density at radius 2 is 1.79 bits per heavy atom. The largest absolute Gasteiger partial charge is 0.339 e. The molecule has 3 heteroatoms. The van der Waals surface area contributed by atoms with E-state index in [1.165, 1.54) is 38.5 Å². The van der Waals surface area contributed by atoms with Crippen molar-refractivity contribution in [2.45, 2.75) is 71.3 Å². The van der Waals surface area contributed by atoms with Crippen LogP contribution in [0, 0.1) is 11.3 Å². The fraction of sp³-hybridized carbons (Fsp3) is 0.938. The van der Waals surface area contributed by atoms with Crippen molar-refractivity contribution in [2.75, 3.05) is 13.1 Å². The van der Waals surface area contributed by atoms with E-state index in [1.807, 2.05) is 0 Å². The first kappa shape index (κ1) is 14.8. The van der Waals surface area contributed by atoms with Gasteiger partial charge in [0.1, 0.15) is 0 Å². The molecular formula is C16H30N2O. The topological polar surface area (TPSA) is 46.3 Å². The molecule has 1 saturated carbocycles. The van der Waals surface area contributed by atoms with Crippen LogP contribution in [0.1, 0.15) is 65.2 Å². The van der Waals surface area contributed by atoms with E-state index < -0.39 is 0 Å². The summed E-state index contributed by atoms with van der Waals surface area (Å²) in [7, 11) is 0. The van der Waals surface area contributed by atoms with E-state index in [2.05, 4.69) is 18.7 Å². The molecule has 2 fully saturated rings. The number of hydrogen-bond acceptors (Lipinski definition) is 2. The Bertz CT molecular complexity index is 302. The molecule has 0 aromatic heterocycles. The molecule has 3 nitrogen and oxygen atoms in total. The lowest BCUT2D eigenvalue weighted by atomic mass is 9.75. The summed E-state index contributed by atoms with van der Waals surface area (Å²) in [6.45, 7) is 5.67. The third-order valence-corrected chi connectivity index (χ3v) is 5.70. The predicted octanol–water partition coefficient (Wildman–Crippen LogP) is 2.93. The zero-order valence-electron chi connectivity index (χ0n) is 12.7. The molecule has 2 N–H and O–H groups in total. The second-order valence-corrected chi connectivity index (χ2v) is 6.44. The minimum Gasteiger partial charge on any atom is -0.339 e. The van der Waals surface area contributed by atoms with Crippen LogP contribution in [0.4, 0.5) is 0 Å². The average molecular weight is 266 g/mol. The average Bonchev–Trinajstić information content (AvgIpc) is 2.49. The molecule has 1 saturated heterocycles. The Kier molecular flexibility index (Phi) is 4.88. The van der Waals surface area contributed by atoms with Crippen LogP contribution >= 0.6 is 0 Å². The molecule has 1 heterocycles. The molecule has 0 aromatic rings. The highest BCUT2D eigenvalue weighted by atomic mass is 16.2. The molecule has 2 unspecified atom stereocenters. The Hall–Kier alpha value is -0.570. The molecule has 0 spiro atoms. The molecule has 19 heavy (non-hydrogen) atoms. The minimum atomic E-state index is -0.306. The lowest BCUT2D eigenvalue weighted by Crippen LogP contribution is -2.56. The number of amides is 1. The van der Waals surface area contributed by atoms with Gasteiger partial charge in [0.05, 0.1) is 5.41 Å². The van der Waals surface area contributed by atoms with Crippen molar-refractivity contribution in [3.05, 3.63) is 0 Å². The lowest BCUT2D eigenvalue weighted by molar-refractivity contribution is -0.148. The normalized spacial score (nSPS) is 28.1. The smallest absolute Gasteiger partial charge is 0.230 e. The molecule has 2 atom stereocenters. The van der Waals surface area contributed by atoms with Gasteiger partial charge >= 0.3 is 0 Å². The van der Waals surface area contributed by atoms with Crippen LogP contribution in [0.15, 0.2) is 0 Å². The van der Waals surface area contributed by atoms with Crippen molar-refractivity contribution in [3.63, 3.8) is 0 Å². The summed E-state index contributed by atoms with van der Waals surface area (Å²) < 4.78 is 0. The van der Waals surface area contributed by atoms with Gasteiger partial charge in [0.2, 0.25) is 5.91 Å². The second-order valence-electron chi connectivity index (χ2n) is 6.44. The van der Waals surface area contributed by atoms with Gasteiger partial charge in [-0.05, 0) is 44.4 Å². The van der Waals surface area contributed by atoms with Crippen molar-refractivity contribution in [1.29, 1.82) is 0 Å². The van der Waals surface area contributed by atoms with E-state index >= 15 is 0 Å². The van der Waals surface area contributed by atoms with Crippen molar-refractivity contribution in [1.82, 2.24) is 4.90 Å². The highest BCUT2D eigenvalue weighted by Gasteiger charge is 2.43. The van der Waals surface area contributed by atoms with Crippen molar-refractivity contribution in [2.24, 2.45) is 17.1 Å². The fourth-order valence-corrected chi connectivity index (χ4v) is 4.11. The molecule has 0 bridgehead atoms. The predicted molar refractivity (Wildman–Crippen MR) is 78.8 cm³/mol. The third-order valence-electron chi connectivity index (χ3n) is 5.70. The molecule has 0 radical (unpaired) electrons. The zero-order chi connectivity index (χ0) is 13.9. The summed E-state index contributed by atoms with van der Waals surface area (Å²) in [6.07, 6.45) is 9.42. The molecule has 2 aliphatic rings. The summed E-state index contributed by atoms with van der Waals surface area (Å²) in [6, 6.07) is 0.513. The quantitative estimate of drug-likeness (QED) is 0.850. The first-order valence-corrected chi connectivity index (χ1v) is 8.19. The summed E-state index contributed by atoms with van der Waals surface area (Å²) in [5.41, 5.74) is 5.65. The van der Waals surface area contributed by atoms with Crippen molar-refractivity contribution < 1.29 is 4.79 Å². The van der Waals surface area contributed by atoms with Gasteiger partial charge in [-0.3, -0.25) is 4.79 Å². The minimum absolute atomic E-state index is 0.306. The van der Waals surface area contributed by atoms with Crippen LogP contribution in [0.25, 0.3) is 0 Å². The van der Waals surface area contributed by atoms with E-state index in [0.29, 0.717) is 18.5 Å². The van der Waals surface area contributed by atoms with Gasteiger partial charge in [0.15, 0.2) is 0 Å². The summed E-state index contributed by atoms with van der Waals surface area (Å²) >= 11 is 0. The molecule has 2 rings (SSSR count). The summed E-state index contributed by atoms with van der Waals surface area (Å²) in [4.78, 5) is 15.2. The van der Waals surface area contributed by atoms with Crippen LogP contribution < -0.4 is 5.73 Å². The number of carbonyl (C=O) groups excluding carboxylic acids is 1. The van der Waals surface area contributed by atoms with E-state index in [-0.39, 0.29) is 5.41 Å². The highest BCUT2D eigenvalue weighted by Crippen LogP contribution is 2.38. The van der Waals surface area contributed by atoms with E-state index in [9.17, 15) is 4.79 Å². The molecule has 1 aliphatic carbocycles. The van der Waals surface area contributed by atoms with Gasteiger partial charge in [-0.1, -0.05) is 26.7 Å². The van der Waals surface area contributed by atoms with E-state index in [0.717, 1.165) is 25.3 Å². The maximum atomic E-state index is 13.0. The Labute approximate surface area is 117 Å². The zero-order valence-corrected chi connectivity index (χ0v) is 12.7. The van der Waals surface area contributed by atoms with Crippen molar-refractivity contribution >= 4 is 5.91 Å². The van der Waals surface area contributed by atoms with Gasteiger partial charge < -0.3 is 10.6 Å². The Morgan fingerprint density at radius 1 is 1.16 bits per heavy atom. The highest BCUT2D eigenvalue weighted by molar-refractivity contribution is 5.83. The number of carbonyl (C=O) groups is 1. The first-order chi connectivity index (χ1) is 9.18. The molecular weight excluding hydrogens is 236 g/mol. The molecule has 110 valence electrons. The fourth-order valence-electron chi connectivity index (χ4n) is 4.11. The number of likely N-dealkylation sites (tertiary alicyclic amines) is 1. The van der Waals surface area contributed by atoms with Gasteiger partial charge in [0, 0.05) is 19.1 Å². The summed E-state index contributed by atoms with van der Waals surface area (Å²) in [5.74, 6) is 1.10. The van der Waals surface area contributed by atoms with Crippen LogP contribution in [0.3, 0.4) is 0 Å². The van der Waals surface area contributed by atoms with Gasteiger partial charge in [-0.15, -0.1) is 0 Å². The van der Waals surface area contributed by atoms with Crippen LogP contribution in [0.2, 0.25) is 0 Å². The Morgan fingerprint density at radius 3 is 2.42 bits per heavy atom. The van der Waals surface area contributed by atoms with E-state index in [4.69, 9.17) is 5.73 Å². The summed E-state index contributed by atoms with van der Waals surface area (Å²) in [5, 5.41) is 0. The maximum absolute atomic E-state index is 13.0. The third kappa shape index (κ3) is 2.67. The van der Waals surface area contributed by atoms with Gasteiger partial charge in [-0.25, -0.2) is 0 Å².